The highest BCUT2D eigenvalue weighted by Crippen LogP contribution is 2.22. The van der Waals surface area contributed by atoms with Gasteiger partial charge in [-0.05, 0) is 25.1 Å². The first-order chi connectivity index (χ1) is 12.8. The van der Waals surface area contributed by atoms with Crippen LogP contribution in [0.3, 0.4) is 0 Å². The van der Waals surface area contributed by atoms with E-state index in [2.05, 4.69) is 27.9 Å². The molecule has 6 N–H and O–H groups in total. The van der Waals surface area contributed by atoms with Gasteiger partial charge in [-0.1, -0.05) is 17.5 Å². The molecule has 0 heterocycles. The minimum atomic E-state index is -0.511. The van der Waals surface area contributed by atoms with Crippen LogP contribution in [-0.2, 0) is 14.3 Å². The molecule has 144 valence electrons. The molecule has 0 spiro atoms. The van der Waals surface area contributed by atoms with E-state index in [1.54, 1.807) is 6.92 Å². The van der Waals surface area contributed by atoms with Gasteiger partial charge < -0.3 is 21.1 Å². The number of carbonyl (C=O) groups is 3. The van der Waals surface area contributed by atoms with Gasteiger partial charge in [0.2, 0.25) is 0 Å². The number of amides is 2. The molecule has 0 aliphatic carbocycles. The summed E-state index contributed by atoms with van der Waals surface area (Å²) >= 11 is 5.94. The molecule has 1 aromatic rings. The molecule has 0 atom stereocenters. The summed E-state index contributed by atoms with van der Waals surface area (Å²) in [7, 11) is 0. The molecule has 0 aliphatic rings. The van der Waals surface area contributed by atoms with Crippen LogP contribution >= 0.6 is 11.6 Å². The fourth-order valence-electron chi connectivity index (χ4n) is 1.79. The molecule has 0 saturated heterocycles. The average molecular weight is 394 g/mol. The Morgan fingerprint density at radius 2 is 2.07 bits per heavy atom. The SMILES string of the molecule is CCOC(=O)CCC#CNC(=O)CNC(=O)c1ccc(Cl)c(NC(=N)N)c1. The van der Waals surface area contributed by atoms with Gasteiger partial charge in [0.1, 0.15) is 0 Å². The molecule has 0 unspecified atom stereocenters. The van der Waals surface area contributed by atoms with Crippen molar-refractivity contribution in [2.24, 2.45) is 5.73 Å². The molecule has 0 saturated carbocycles. The van der Waals surface area contributed by atoms with Gasteiger partial charge in [0, 0.05) is 18.0 Å². The monoisotopic (exact) mass is 393 g/mol. The van der Waals surface area contributed by atoms with Gasteiger partial charge in [0.15, 0.2) is 5.96 Å². The van der Waals surface area contributed by atoms with Gasteiger partial charge in [-0.15, -0.1) is 0 Å². The summed E-state index contributed by atoms with van der Waals surface area (Å²) < 4.78 is 4.74. The maximum absolute atomic E-state index is 12.1. The number of carbonyl (C=O) groups excluding carboxylic acids is 3. The molecule has 2 amide bonds. The van der Waals surface area contributed by atoms with Gasteiger partial charge in [0.25, 0.3) is 11.8 Å². The molecular weight excluding hydrogens is 374 g/mol. The zero-order valence-electron chi connectivity index (χ0n) is 14.6. The molecular formula is C17H20ClN5O4. The Morgan fingerprint density at radius 1 is 1.33 bits per heavy atom. The predicted molar refractivity (Wildman–Crippen MR) is 101 cm³/mol. The smallest absolute Gasteiger partial charge is 0.306 e. The molecule has 27 heavy (non-hydrogen) atoms. The van der Waals surface area contributed by atoms with Crippen molar-refractivity contribution in [2.45, 2.75) is 19.8 Å². The van der Waals surface area contributed by atoms with Gasteiger partial charge >= 0.3 is 5.97 Å². The van der Waals surface area contributed by atoms with Crippen LogP contribution in [-0.4, -0.2) is 36.9 Å². The summed E-state index contributed by atoms with van der Waals surface area (Å²) in [4.78, 5) is 34.8. The summed E-state index contributed by atoms with van der Waals surface area (Å²) in [6.45, 7) is 1.73. The summed E-state index contributed by atoms with van der Waals surface area (Å²) in [6.07, 6.45) is 0.392. The quantitative estimate of drug-likeness (QED) is 0.152. The van der Waals surface area contributed by atoms with Crippen molar-refractivity contribution in [1.82, 2.24) is 10.6 Å². The first-order valence-electron chi connectivity index (χ1n) is 7.94. The first kappa shape index (κ1) is 21.8. The molecule has 1 rings (SSSR count). The normalized spacial score (nSPS) is 9.41. The maximum Gasteiger partial charge on any atom is 0.306 e. The average Bonchev–Trinajstić information content (AvgIpc) is 2.61. The third kappa shape index (κ3) is 8.60. The standard InChI is InChI=1S/C17H20ClN5O4/c1-2-27-15(25)5-3-4-8-21-14(24)10-22-16(26)11-6-7-12(18)13(9-11)23-17(19)20/h6-7,9H,2-3,5,10H2,1H3,(H,21,24)(H,22,26)(H4,19,20,23). The van der Waals surface area contributed by atoms with Crippen molar-refractivity contribution >= 4 is 41.0 Å². The van der Waals surface area contributed by atoms with E-state index in [0.717, 1.165) is 0 Å². The van der Waals surface area contributed by atoms with Crippen molar-refractivity contribution in [1.29, 1.82) is 5.41 Å². The number of halogens is 1. The number of guanidine groups is 1. The van der Waals surface area contributed by atoms with Crippen molar-refractivity contribution in [3.05, 3.63) is 28.8 Å². The van der Waals surface area contributed by atoms with Crippen molar-refractivity contribution in [3.8, 4) is 12.0 Å². The van der Waals surface area contributed by atoms with Crippen LogP contribution in [0.15, 0.2) is 18.2 Å². The highest BCUT2D eigenvalue weighted by atomic mass is 35.5. The lowest BCUT2D eigenvalue weighted by Gasteiger charge is -2.09. The van der Waals surface area contributed by atoms with Crippen LogP contribution < -0.4 is 21.7 Å². The number of esters is 1. The molecule has 0 aliphatic heterocycles. The number of ether oxygens (including phenoxy) is 1. The zero-order chi connectivity index (χ0) is 20.2. The second-order valence-corrected chi connectivity index (χ2v) is 5.48. The van der Waals surface area contributed by atoms with Crippen LogP contribution in [0, 0.1) is 17.4 Å². The minimum absolute atomic E-state index is 0.140. The van der Waals surface area contributed by atoms with E-state index in [1.807, 2.05) is 0 Å². The van der Waals surface area contributed by atoms with Crippen LogP contribution in [0.5, 0.6) is 0 Å². The van der Waals surface area contributed by atoms with Crippen LogP contribution in [0.1, 0.15) is 30.1 Å². The van der Waals surface area contributed by atoms with Crippen LogP contribution in [0.4, 0.5) is 5.69 Å². The summed E-state index contributed by atoms with van der Waals surface area (Å²) in [5.74, 6) is 0.907. The van der Waals surface area contributed by atoms with Gasteiger partial charge in [-0.3, -0.25) is 25.1 Å². The molecule has 0 bridgehead atoms. The number of rotatable bonds is 7. The third-order valence-electron chi connectivity index (χ3n) is 2.96. The lowest BCUT2D eigenvalue weighted by molar-refractivity contribution is -0.142. The van der Waals surface area contributed by atoms with E-state index in [4.69, 9.17) is 27.5 Å². The van der Waals surface area contributed by atoms with Crippen LogP contribution in [0.2, 0.25) is 5.02 Å². The molecule has 10 heteroatoms. The van der Waals surface area contributed by atoms with Crippen LogP contribution in [0.25, 0.3) is 0 Å². The number of benzene rings is 1. The Morgan fingerprint density at radius 3 is 2.74 bits per heavy atom. The van der Waals surface area contributed by atoms with E-state index in [-0.39, 0.29) is 41.9 Å². The minimum Gasteiger partial charge on any atom is -0.466 e. The van der Waals surface area contributed by atoms with Crippen molar-refractivity contribution < 1.29 is 19.1 Å². The summed E-state index contributed by atoms with van der Waals surface area (Å²) in [5.41, 5.74) is 5.77. The highest BCUT2D eigenvalue weighted by molar-refractivity contribution is 6.33. The Bertz CT molecular complexity index is 785. The predicted octanol–water partition coefficient (Wildman–Crippen LogP) is 0.796. The molecule has 0 fully saturated rings. The number of hydrogen-bond acceptors (Lipinski definition) is 5. The third-order valence-corrected chi connectivity index (χ3v) is 3.29. The Kier molecular flexibility index (Phi) is 9.19. The molecule has 0 aromatic heterocycles. The van der Waals surface area contributed by atoms with Crippen molar-refractivity contribution in [3.63, 3.8) is 0 Å². The van der Waals surface area contributed by atoms with Gasteiger partial charge in [-0.25, -0.2) is 0 Å². The maximum atomic E-state index is 12.1. The number of nitrogens with one attached hydrogen (secondary N) is 4. The second-order valence-electron chi connectivity index (χ2n) is 5.07. The first-order valence-corrected chi connectivity index (χ1v) is 8.32. The number of hydrogen-bond donors (Lipinski definition) is 5. The topological polar surface area (TPSA) is 146 Å². The van der Waals surface area contributed by atoms with E-state index in [1.165, 1.54) is 18.2 Å². The van der Waals surface area contributed by atoms with E-state index in [9.17, 15) is 14.4 Å². The lowest BCUT2D eigenvalue weighted by atomic mass is 10.2. The van der Waals surface area contributed by atoms with E-state index >= 15 is 0 Å². The number of nitrogens with two attached hydrogens (primary N) is 1. The zero-order valence-corrected chi connectivity index (χ0v) is 15.4. The number of anilines is 1. The van der Waals surface area contributed by atoms with E-state index in [0.29, 0.717) is 12.3 Å². The lowest BCUT2D eigenvalue weighted by Crippen LogP contribution is -2.35. The fraction of sp³-hybridized carbons (Fsp3) is 0.294. The molecule has 1 aromatic carbocycles. The second kappa shape index (κ2) is 11.4. The summed E-state index contributed by atoms with van der Waals surface area (Å²) in [6, 6.07) is 6.76. The van der Waals surface area contributed by atoms with E-state index < -0.39 is 11.8 Å². The highest BCUT2D eigenvalue weighted by Gasteiger charge is 2.10. The van der Waals surface area contributed by atoms with Gasteiger partial charge in [0.05, 0.1) is 30.3 Å². The van der Waals surface area contributed by atoms with Crippen molar-refractivity contribution in [2.75, 3.05) is 18.5 Å². The van der Waals surface area contributed by atoms with Gasteiger partial charge in [-0.2, -0.15) is 0 Å². The molecule has 9 nitrogen and oxygen atoms in total. The Hall–Kier alpha value is -3.25. The fourth-order valence-corrected chi connectivity index (χ4v) is 1.95. The Balaban J connectivity index is 2.45. The largest absolute Gasteiger partial charge is 0.466 e. The molecule has 0 radical (unpaired) electrons. The summed E-state index contributed by atoms with van der Waals surface area (Å²) in [5, 5.41) is 14.7. The Labute approximate surface area is 161 Å².